The van der Waals surface area contributed by atoms with Crippen molar-refractivity contribution in [2.45, 2.75) is 30.6 Å². The van der Waals surface area contributed by atoms with Gasteiger partial charge in [0, 0.05) is 5.69 Å². The summed E-state index contributed by atoms with van der Waals surface area (Å²) in [5.41, 5.74) is 9.13. The molecule has 4 aromatic rings. The molecule has 242 valence electrons. The Morgan fingerprint density at radius 1 is 0.696 bits per heavy atom. The molecule has 0 aliphatic rings. The van der Waals surface area contributed by atoms with Gasteiger partial charge in [0.15, 0.2) is 11.6 Å². The fraction of sp³-hybridized carbons (Fsp3) is 0.200. The number of nitrogens with zero attached hydrogens (tertiary/aromatic N) is 4. The van der Waals surface area contributed by atoms with Crippen LogP contribution >= 0.6 is 0 Å². The maximum atomic E-state index is 12.1. The zero-order chi connectivity index (χ0) is 33.3. The Hall–Kier alpha value is -4.90. The van der Waals surface area contributed by atoms with Crippen molar-refractivity contribution >= 4 is 54.7 Å². The smallest absolute Gasteiger partial charge is 0.240 e. The molecule has 46 heavy (non-hydrogen) atoms. The summed E-state index contributed by atoms with van der Waals surface area (Å²) in [6.07, 6.45) is 0. The summed E-state index contributed by atoms with van der Waals surface area (Å²) < 4.78 is 58.9. The summed E-state index contributed by atoms with van der Waals surface area (Å²) in [5.74, 6) is 0.950. The summed E-state index contributed by atoms with van der Waals surface area (Å²) in [6.45, 7) is 5.62. The van der Waals surface area contributed by atoms with Crippen molar-refractivity contribution in [1.82, 2.24) is 19.4 Å². The van der Waals surface area contributed by atoms with Crippen LogP contribution in [0.4, 0.5) is 23.3 Å². The van der Waals surface area contributed by atoms with Crippen molar-refractivity contribution in [2.24, 2.45) is 10.2 Å². The van der Waals surface area contributed by atoms with Gasteiger partial charge in [-0.2, -0.15) is 20.2 Å². The number of hydrogen-bond donors (Lipinski definition) is 5. The molecule has 0 spiro atoms. The third kappa shape index (κ3) is 8.42. The van der Waals surface area contributed by atoms with Gasteiger partial charge in [0.1, 0.15) is 0 Å². The van der Waals surface area contributed by atoms with E-state index in [1.165, 1.54) is 38.4 Å². The number of aromatic nitrogens is 2. The Balaban J connectivity index is 1.68. The first-order chi connectivity index (χ1) is 22.0. The van der Waals surface area contributed by atoms with Crippen LogP contribution in [-0.2, 0) is 20.0 Å². The van der Waals surface area contributed by atoms with E-state index >= 15 is 0 Å². The van der Waals surface area contributed by atoms with Gasteiger partial charge in [-0.1, -0.05) is 42.5 Å². The zero-order valence-corrected chi connectivity index (χ0v) is 27.5. The average Bonchev–Trinajstić information content (AvgIpc) is 3.07. The fourth-order valence-corrected chi connectivity index (χ4v) is 5.44. The summed E-state index contributed by atoms with van der Waals surface area (Å²) in [5, 5.41) is 12.1. The van der Waals surface area contributed by atoms with Gasteiger partial charge in [-0.15, -0.1) is 0 Å². The van der Waals surface area contributed by atoms with Crippen molar-refractivity contribution in [3.8, 4) is 5.75 Å². The number of hydrogen-bond acceptors (Lipinski definition) is 12. The Bertz CT molecular complexity index is 1820. The highest BCUT2D eigenvalue weighted by Gasteiger charge is 2.18. The number of para-hydroxylation sites is 1. The number of benzene rings is 3. The van der Waals surface area contributed by atoms with E-state index in [0.717, 1.165) is 5.69 Å². The van der Waals surface area contributed by atoms with E-state index in [1.54, 1.807) is 38.1 Å². The summed E-state index contributed by atoms with van der Waals surface area (Å²) >= 11 is 0. The van der Waals surface area contributed by atoms with Crippen LogP contribution in [0.1, 0.15) is 31.9 Å². The van der Waals surface area contributed by atoms with Crippen LogP contribution in [0.5, 0.6) is 5.75 Å². The molecular weight excluding hydrogens is 631 g/mol. The van der Waals surface area contributed by atoms with Gasteiger partial charge in [-0.25, -0.2) is 26.3 Å². The van der Waals surface area contributed by atoms with Crippen LogP contribution in [0, 0.1) is 0 Å². The highest BCUT2D eigenvalue weighted by molar-refractivity contribution is 7.89. The molecule has 3 aromatic carbocycles. The van der Waals surface area contributed by atoms with E-state index in [2.05, 4.69) is 45.8 Å². The minimum atomic E-state index is -3.57. The Morgan fingerprint density at radius 2 is 1.13 bits per heavy atom. The molecule has 0 saturated heterocycles. The second-order valence-electron chi connectivity index (χ2n) is 9.58. The van der Waals surface area contributed by atoms with Crippen molar-refractivity contribution in [3.05, 3.63) is 90.0 Å². The van der Waals surface area contributed by atoms with E-state index in [9.17, 15) is 16.8 Å². The Morgan fingerprint density at radius 3 is 1.52 bits per heavy atom. The maximum Gasteiger partial charge on any atom is 0.240 e. The lowest BCUT2D eigenvalue weighted by atomic mass is 10.1. The molecule has 0 unspecified atom stereocenters. The number of rotatable bonds is 14. The van der Waals surface area contributed by atoms with Crippen molar-refractivity contribution < 1.29 is 21.6 Å². The topological polar surface area (TPSA) is 188 Å². The molecule has 16 heteroatoms. The molecule has 5 N–H and O–H groups in total. The first-order valence-corrected chi connectivity index (χ1v) is 17.0. The summed E-state index contributed by atoms with van der Waals surface area (Å²) in [6, 6.07) is 21.9. The third-order valence-corrected chi connectivity index (χ3v) is 9.41. The maximum absolute atomic E-state index is 12.1. The predicted molar refractivity (Wildman–Crippen MR) is 180 cm³/mol. The molecule has 0 amide bonds. The third-order valence-electron chi connectivity index (χ3n) is 6.55. The molecule has 0 fully saturated rings. The minimum Gasteiger partial charge on any atom is -0.487 e. The SMILES string of the molecule is CCOc1c(NN=C(C)c2ccc(S(=O)(=O)NC)cc2)nc(Nc2ccccc2)nc1NN=C(C)c1ccc(S(=O)(=O)NC)cc1. The van der Waals surface area contributed by atoms with Crippen LogP contribution in [0.25, 0.3) is 0 Å². The number of sulfonamides is 2. The van der Waals surface area contributed by atoms with Gasteiger partial charge < -0.3 is 10.1 Å². The van der Waals surface area contributed by atoms with Gasteiger partial charge in [0.05, 0.1) is 27.8 Å². The van der Waals surface area contributed by atoms with Gasteiger partial charge in [0.2, 0.25) is 31.7 Å². The summed E-state index contributed by atoms with van der Waals surface area (Å²) in [7, 11) is -4.44. The van der Waals surface area contributed by atoms with Crippen LogP contribution in [0.2, 0.25) is 0 Å². The largest absolute Gasteiger partial charge is 0.487 e. The second-order valence-corrected chi connectivity index (χ2v) is 13.4. The van der Waals surface area contributed by atoms with E-state index in [4.69, 9.17) is 4.74 Å². The van der Waals surface area contributed by atoms with Crippen molar-refractivity contribution in [3.63, 3.8) is 0 Å². The van der Waals surface area contributed by atoms with Gasteiger partial charge >= 0.3 is 0 Å². The van der Waals surface area contributed by atoms with E-state index < -0.39 is 20.0 Å². The van der Waals surface area contributed by atoms with Gasteiger partial charge in [0.25, 0.3) is 0 Å². The quantitative estimate of drug-likeness (QED) is 0.0969. The van der Waals surface area contributed by atoms with E-state index in [0.29, 0.717) is 22.6 Å². The van der Waals surface area contributed by atoms with Gasteiger partial charge in [-0.3, -0.25) is 10.9 Å². The average molecular weight is 666 g/mol. The lowest BCUT2D eigenvalue weighted by Gasteiger charge is -2.16. The number of nitrogens with one attached hydrogen (secondary N) is 5. The van der Waals surface area contributed by atoms with Crippen molar-refractivity contribution in [1.29, 1.82) is 0 Å². The molecule has 4 rings (SSSR count). The number of anilines is 4. The highest BCUT2D eigenvalue weighted by Crippen LogP contribution is 2.33. The molecule has 0 bridgehead atoms. The minimum absolute atomic E-state index is 0.135. The Kier molecular flexibility index (Phi) is 11.0. The van der Waals surface area contributed by atoms with Gasteiger partial charge in [-0.05, 0) is 82.4 Å². The van der Waals surface area contributed by atoms with Crippen LogP contribution in [0.3, 0.4) is 0 Å². The molecular formula is C30H35N9O5S2. The first-order valence-electron chi connectivity index (χ1n) is 14.0. The lowest BCUT2D eigenvalue weighted by molar-refractivity contribution is 0.341. The summed E-state index contributed by atoms with van der Waals surface area (Å²) in [4.78, 5) is 9.45. The first kappa shape index (κ1) is 34.0. The lowest BCUT2D eigenvalue weighted by Crippen LogP contribution is -2.18. The van der Waals surface area contributed by atoms with Crippen LogP contribution < -0.4 is 30.3 Å². The van der Waals surface area contributed by atoms with Crippen molar-refractivity contribution in [2.75, 3.05) is 36.9 Å². The second kappa shape index (κ2) is 14.9. The molecule has 0 aliphatic carbocycles. The molecule has 0 aliphatic heterocycles. The predicted octanol–water partition coefficient (Wildman–Crippen LogP) is 4.11. The molecule has 14 nitrogen and oxygen atoms in total. The number of hydrazone groups is 2. The van der Waals surface area contributed by atoms with Crippen LogP contribution in [0.15, 0.2) is 98.9 Å². The Labute approximate surface area is 268 Å². The molecule has 1 heterocycles. The monoisotopic (exact) mass is 665 g/mol. The zero-order valence-electron chi connectivity index (χ0n) is 25.9. The van der Waals surface area contributed by atoms with E-state index in [1.807, 2.05) is 37.3 Å². The number of ether oxygens (including phenoxy) is 1. The molecule has 0 radical (unpaired) electrons. The molecule has 1 aromatic heterocycles. The molecule has 0 saturated carbocycles. The van der Waals surface area contributed by atoms with Crippen LogP contribution in [-0.4, -0.2) is 58.9 Å². The van der Waals surface area contributed by atoms with E-state index in [-0.39, 0.29) is 39.7 Å². The fourth-order valence-electron chi connectivity index (χ4n) is 3.98. The standard InChI is InChI=1S/C30H35N9O5S2/c1-6-44-27-28(38-36-20(2)22-12-16-25(17-13-22)45(40,41)31-4)34-30(33-24-10-8-7-9-11-24)35-29(27)39-37-21(3)23-14-18-26(19-15-23)46(42,43)32-5/h7-19,31-32H,6H2,1-5H3,(H3,33,34,35,38,39). The highest BCUT2D eigenvalue weighted by atomic mass is 32.2. The normalized spacial score (nSPS) is 12.5. The molecule has 0 atom stereocenters.